The molecule has 180 valence electrons. The molecular weight excluding hydrogens is 469 g/mol. The van der Waals surface area contributed by atoms with Gasteiger partial charge in [-0.15, -0.1) is 6.58 Å². The van der Waals surface area contributed by atoms with Crippen LogP contribution in [-0.2, 0) is 15.1 Å². The molecule has 0 aromatic heterocycles. The summed E-state index contributed by atoms with van der Waals surface area (Å²) in [4.78, 5) is 25.0. The smallest absolute Gasteiger partial charge is 0.224 e. The van der Waals surface area contributed by atoms with Gasteiger partial charge < -0.3 is 10.6 Å². The maximum atomic E-state index is 15.4. The first-order chi connectivity index (χ1) is 15.5. The maximum Gasteiger partial charge on any atom is 0.224 e. The van der Waals surface area contributed by atoms with Crippen LogP contribution in [0, 0.1) is 17.2 Å². The van der Waals surface area contributed by atoms with Crippen molar-refractivity contribution in [1.82, 2.24) is 10.6 Å². The molecular formula is C25H30Cl2F2N2O2. The molecule has 4 saturated carbocycles. The number of amides is 2. The quantitative estimate of drug-likeness (QED) is 0.373. The monoisotopic (exact) mass is 498 g/mol. The predicted molar refractivity (Wildman–Crippen MR) is 125 cm³/mol. The molecule has 2 amide bonds. The van der Waals surface area contributed by atoms with Crippen LogP contribution in [0.4, 0.5) is 8.78 Å². The van der Waals surface area contributed by atoms with E-state index in [0.29, 0.717) is 57.8 Å². The van der Waals surface area contributed by atoms with E-state index in [-0.39, 0.29) is 39.4 Å². The van der Waals surface area contributed by atoms with Crippen LogP contribution in [0.25, 0.3) is 0 Å². The van der Waals surface area contributed by atoms with Crippen LogP contribution in [0.5, 0.6) is 0 Å². The lowest BCUT2D eigenvalue weighted by Crippen LogP contribution is -2.62. The van der Waals surface area contributed by atoms with Crippen LogP contribution >= 0.6 is 23.2 Å². The predicted octanol–water partition coefficient (Wildman–Crippen LogP) is 6.00. The van der Waals surface area contributed by atoms with E-state index in [0.717, 1.165) is 0 Å². The number of alkyl halides is 1. The van der Waals surface area contributed by atoms with Crippen LogP contribution < -0.4 is 10.6 Å². The molecule has 0 radical (unpaired) electrons. The number of fused-ring (bicyclic) bond motifs is 3. The standard InChI is InChI=1S/C25H30Cl2F2N2O2/c1-3-25(20-19(28)7-6-18(26)21(20)27,23-8-11-24(29,12-9-23)13-10-23)31-22(33)16-4-5-17(14-16)30-15(2)32/h3,6-7,16-17H,1,4-5,8-14H2,2H3,(H,30,32)(H,31,33)/t16-,17-,23?,24?,25-/m0/s1. The summed E-state index contributed by atoms with van der Waals surface area (Å²) in [5.74, 6) is -1.29. The first-order valence-electron chi connectivity index (χ1n) is 11.6. The van der Waals surface area contributed by atoms with E-state index in [4.69, 9.17) is 23.2 Å². The van der Waals surface area contributed by atoms with E-state index in [9.17, 15) is 9.59 Å². The van der Waals surface area contributed by atoms with Gasteiger partial charge in [0.05, 0.1) is 15.6 Å². The maximum absolute atomic E-state index is 15.4. The SMILES string of the molecule is C=C[C@](NC(=O)[C@H]1CC[C@H](NC(C)=O)C1)(c1c(F)ccc(Cl)c1Cl)C12CCC(F)(CC1)CC2. The summed E-state index contributed by atoms with van der Waals surface area (Å²) in [6.45, 7) is 5.48. The summed E-state index contributed by atoms with van der Waals surface area (Å²) in [7, 11) is 0. The lowest BCUT2D eigenvalue weighted by atomic mass is 9.50. The first-order valence-corrected chi connectivity index (χ1v) is 12.4. The van der Waals surface area contributed by atoms with E-state index in [1.807, 2.05) is 0 Å². The summed E-state index contributed by atoms with van der Waals surface area (Å²) in [5.41, 5.74) is -3.05. The summed E-state index contributed by atoms with van der Waals surface area (Å²) in [5, 5.41) is 6.24. The van der Waals surface area contributed by atoms with Gasteiger partial charge in [-0.25, -0.2) is 8.78 Å². The number of hydrogen-bond acceptors (Lipinski definition) is 2. The highest BCUT2D eigenvalue weighted by Gasteiger charge is 2.60. The molecule has 1 aromatic carbocycles. The fourth-order valence-electron chi connectivity index (χ4n) is 6.38. The Morgan fingerprint density at radius 1 is 1.15 bits per heavy atom. The van der Waals surface area contributed by atoms with Gasteiger partial charge in [-0.05, 0) is 69.9 Å². The Morgan fingerprint density at radius 3 is 2.36 bits per heavy atom. The highest BCUT2D eigenvalue weighted by Crippen LogP contribution is 2.63. The summed E-state index contributed by atoms with van der Waals surface area (Å²) in [6, 6.07) is 2.56. The Hall–Kier alpha value is -1.66. The van der Waals surface area contributed by atoms with Crippen molar-refractivity contribution in [1.29, 1.82) is 0 Å². The largest absolute Gasteiger partial charge is 0.354 e. The third-order valence-corrected chi connectivity index (χ3v) is 9.07. The second kappa shape index (κ2) is 8.84. The van der Waals surface area contributed by atoms with Crippen molar-refractivity contribution in [3.05, 3.63) is 46.2 Å². The van der Waals surface area contributed by atoms with Crippen molar-refractivity contribution >= 4 is 35.0 Å². The normalized spacial score (nSPS) is 32.8. The van der Waals surface area contributed by atoms with Crippen molar-refractivity contribution < 1.29 is 18.4 Å². The molecule has 0 saturated heterocycles. The van der Waals surface area contributed by atoms with Crippen molar-refractivity contribution in [2.75, 3.05) is 0 Å². The van der Waals surface area contributed by atoms with Gasteiger partial charge in [0.15, 0.2) is 0 Å². The molecule has 8 heteroatoms. The van der Waals surface area contributed by atoms with Crippen LogP contribution in [0.2, 0.25) is 10.0 Å². The molecule has 4 nitrogen and oxygen atoms in total. The Kier molecular flexibility index (Phi) is 6.56. The van der Waals surface area contributed by atoms with Gasteiger partial charge in [0, 0.05) is 29.9 Å². The van der Waals surface area contributed by atoms with Crippen LogP contribution in [0.15, 0.2) is 24.8 Å². The van der Waals surface area contributed by atoms with Gasteiger partial charge in [0.25, 0.3) is 0 Å². The minimum Gasteiger partial charge on any atom is -0.354 e. The van der Waals surface area contributed by atoms with Crippen molar-refractivity contribution in [2.45, 2.75) is 82.0 Å². The number of hydrogen-bond donors (Lipinski definition) is 2. The topological polar surface area (TPSA) is 58.2 Å². The Labute approximate surface area is 203 Å². The fourth-order valence-corrected chi connectivity index (χ4v) is 6.84. The van der Waals surface area contributed by atoms with Gasteiger partial charge in [-0.3, -0.25) is 9.59 Å². The van der Waals surface area contributed by atoms with E-state index in [1.165, 1.54) is 19.1 Å². The Morgan fingerprint density at radius 2 is 1.79 bits per heavy atom. The lowest BCUT2D eigenvalue weighted by molar-refractivity contribution is -0.132. The van der Waals surface area contributed by atoms with Crippen LogP contribution in [-0.4, -0.2) is 23.5 Å². The Bertz CT molecular complexity index is 961. The molecule has 0 heterocycles. The molecule has 33 heavy (non-hydrogen) atoms. The molecule has 4 aliphatic rings. The second-order valence-electron chi connectivity index (χ2n) is 10.1. The highest BCUT2D eigenvalue weighted by molar-refractivity contribution is 6.42. The zero-order valence-corrected chi connectivity index (χ0v) is 20.3. The minimum absolute atomic E-state index is 0.0384. The molecule has 0 aliphatic heterocycles. The van der Waals surface area contributed by atoms with Gasteiger partial charge in [0.1, 0.15) is 11.5 Å². The molecule has 0 spiro atoms. The molecule has 2 N–H and O–H groups in total. The van der Waals surface area contributed by atoms with Crippen molar-refractivity contribution in [2.24, 2.45) is 11.3 Å². The number of carbonyl (C=O) groups is 2. The summed E-state index contributed by atoms with van der Waals surface area (Å²) >= 11 is 12.9. The van der Waals surface area contributed by atoms with E-state index in [1.54, 1.807) is 6.08 Å². The molecule has 4 aliphatic carbocycles. The van der Waals surface area contributed by atoms with E-state index < -0.39 is 22.4 Å². The third kappa shape index (κ3) is 4.18. The number of rotatable bonds is 6. The molecule has 5 rings (SSSR count). The van der Waals surface area contributed by atoms with Crippen molar-refractivity contribution in [3.8, 4) is 0 Å². The summed E-state index contributed by atoms with van der Waals surface area (Å²) in [6.07, 6.45) is 5.89. The molecule has 2 bridgehead atoms. The third-order valence-electron chi connectivity index (χ3n) is 8.27. The zero-order valence-electron chi connectivity index (χ0n) is 18.8. The number of halogens is 4. The van der Waals surface area contributed by atoms with Crippen LogP contribution in [0.1, 0.15) is 70.3 Å². The average molecular weight is 499 g/mol. The molecule has 0 unspecified atom stereocenters. The number of carbonyl (C=O) groups excluding carboxylic acids is 2. The number of nitrogens with one attached hydrogen (secondary N) is 2. The highest BCUT2D eigenvalue weighted by atomic mass is 35.5. The summed E-state index contributed by atoms with van der Waals surface area (Å²) < 4.78 is 30.4. The number of benzene rings is 1. The molecule has 4 fully saturated rings. The van der Waals surface area contributed by atoms with E-state index in [2.05, 4.69) is 17.2 Å². The average Bonchev–Trinajstić information content (AvgIpc) is 3.24. The lowest BCUT2D eigenvalue weighted by Gasteiger charge is -2.58. The van der Waals surface area contributed by atoms with Gasteiger partial charge in [-0.2, -0.15) is 0 Å². The zero-order chi connectivity index (χ0) is 24.0. The van der Waals surface area contributed by atoms with Gasteiger partial charge in [-0.1, -0.05) is 29.3 Å². The van der Waals surface area contributed by atoms with Gasteiger partial charge >= 0.3 is 0 Å². The molecule has 1 aromatic rings. The minimum atomic E-state index is -1.33. The Balaban J connectivity index is 1.75. The van der Waals surface area contributed by atoms with Gasteiger partial charge in [0.2, 0.25) is 11.8 Å². The first kappa shape index (κ1) is 24.5. The fraction of sp³-hybridized carbons (Fsp3) is 0.600. The molecule has 3 atom stereocenters. The van der Waals surface area contributed by atoms with Crippen molar-refractivity contribution in [3.63, 3.8) is 0 Å². The second-order valence-corrected chi connectivity index (χ2v) is 10.8. The van der Waals surface area contributed by atoms with E-state index >= 15 is 8.78 Å². The van der Waals surface area contributed by atoms with Crippen LogP contribution in [0.3, 0.4) is 0 Å².